The van der Waals surface area contributed by atoms with Gasteiger partial charge >= 0.3 is 11.8 Å². The van der Waals surface area contributed by atoms with Crippen molar-refractivity contribution in [3.8, 4) is 0 Å². The van der Waals surface area contributed by atoms with Crippen molar-refractivity contribution in [1.29, 1.82) is 0 Å². The van der Waals surface area contributed by atoms with Crippen molar-refractivity contribution < 1.29 is 14.0 Å². The zero-order chi connectivity index (χ0) is 16.2. The van der Waals surface area contributed by atoms with Crippen LogP contribution in [0, 0.1) is 0 Å². The highest BCUT2D eigenvalue weighted by molar-refractivity contribution is 6.39. The average Bonchev–Trinajstić information content (AvgIpc) is 2.97. The molecule has 22 heavy (non-hydrogen) atoms. The summed E-state index contributed by atoms with van der Waals surface area (Å²) in [7, 11) is 0. The number of hydrogen-bond donors (Lipinski definition) is 2. The van der Waals surface area contributed by atoms with Gasteiger partial charge in [0.25, 0.3) is 0 Å². The molecule has 0 radical (unpaired) electrons. The molecule has 2 amide bonds. The van der Waals surface area contributed by atoms with Crippen molar-refractivity contribution in [3.63, 3.8) is 0 Å². The Balaban J connectivity index is 2.01. The third kappa shape index (κ3) is 3.97. The molecule has 0 fully saturated rings. The Morgan fingerprint density at radius 1 is 1.05 bits per heavy atom. The maximum Gasteiger partial charge on any atom is 0.313 e. The molecule has 2 N–H and O–H groups in total. The Hall–Kier alpha value is -2.56. The number of amides is 2. The van der Waals surface area contributed by atoms with E-state index in [2.05, 4.69) is 31.4 Å². The maximum atomic E-state index is 12.0. The van der Waals surface area contributed by atoms with E-state index in [4.69, 9.17) is 4.42 Å². The monoisotopic (exact) mass is 300 g/mol. The second-order valence-corrected chi connectivity index (χ2v) is 6.01. The number of carbonyl (C=O) groups excluding carboxylic acids is 2. The van der Waals surface area contributed by atoms with Crippen LogP contribution in [0.25, 0.3) is 0 Å². The van der Waals surface area contributed by atoms with E-state index in [-0.39, 0.29) is 12.0 Å². The highest BCUT2D eigenvalue weighted by Crippen LogP contribution is 2.29. The van der Waals surface area contributed by atoms with Gasteiger partial charge in [-0.2, -0.15) is 0 Å². The molecule has 1 aromatic carbocycles. The van der Waals surface area contributed by atoms with E-state index >= 15 is 0 Å². The Morgan fingerprint density at radius 3 is 2.41 bits per heavy atom. The highest BCUT2D eigenvalue weighted by Gasteiger charge is 2.20. The number of carbonyl (C=O) groups is 2. The van der Waals surface area contributed by atoms with Crippen LogP contribution in [0.4, 0.5) is 5.69 Å². The Kier molecular flexibility index (Phi) is 4.65. The van der Waals surface area contributed by atoms with Gasteiger partial charge in [-0.25, -0.2) is 0 Å². The molecule has 0 atom stereocenters. The van der Waals surface area contributed by atoms with E-state index in [1.165, 1.54) is 6.26 Å². The number of hydrogen-bond acceptors (Lipinski definition) is 3. The van der Waals surface area contributed by atoms with Crippen LogP contribution in [0.2, 0.25) is 0 Å². The zero-order valence-corrected chi connectivity index (χ0v) is 13.0. The molecule has 0 aliphatic heterocycles. The molecule has 2 rings (SSSR count). The number of benzene rings is 1. The fraction of sp³-hybridized carbons (Fsp3) is 0.294. The Labute approximate surface area is 129 Å². The molecule has 116 valence electrons. The van der Waals surface area contributed by atoms with Gasteiger partial charge in [0.2, 0.25) is 0 Å². The molecule has 0 unspecified atom stereocenters. The molecule has 5 nitrogen and oxygen atoms in total. The van der Waals surface area contributed by atoms with Crippen molar-refractivity contribution in [1.82, 2.24) is 5.32 Å². The van der Waals surface area contributed by atoms with Gasteiger partial charge in [0.15, 0.2) is 0 Å². The smallest absolute Gasteiger partial charge is 0.313 e. The van der Waals surface area contributed by atoms with Crippen molar-refractivity contribution >= 4 is 17.5 Å². The summed E-state index contributed by atoms with van der Waals surface area (Å²) in [6.45, 7) is 6.33. The first-order valence-electron chi connectivity index (χ1n) is 7.09. The Bertz CT molecular complexity index is 655. The standard InChI is InChI=1S/C17H20N2O3/c1-17(2,3)13-8-4-5-9-14(13)19-16(21)15(20)18-11-12-7-6-10-22-12/h4-10H,11H2,1-3H3,(H,18,20)(H,19,21). The molecular formula is C17H20N2O3. The minimum atomic E-state index is -0.694. The van der Waals surface area contributed by atoms with Crippen LogP contribution >= 0.6 is 0 Å². The number of anilines is 1. The molecule has 0 bridgehead atoms. The van der Waals surface area contributed by atoms with Gasteiger partial charge in [-0.1, -0.05) is 39.0 Å². The van der Waals surface area contributed by atoms with E-state index < -0.39 is 11.8 Å². The molecule has 5 heteroatoms. The summed E-state index contributed by atoms with van der Waals surface area (Å²) in [5.74, 6) is -0.792. The molecule has 0 aliphatic carbocycles. The van der Waals surface area contributed by atoms with Crippen molar-refractivity contribution in [3.05, 3.63) is 54.0 Å². The third-order valence-electron chi connectivity index (χ3n) is 3.19. The van der Waals surface area contributed by atoms with Crippen LogP contribution in [0.3, 0.4) is 0 Å². The molecule has 0 spiro atoms. The lowest BCUT2D eigenvalue weighted by molar-refractivity contribution is -0.136. The SMILES string of the molecule is CC(C)(C)c1ccccc1NC(=O)C(=O)NCc1ccco1. The summed E-state index contributed by atoms with van der Waals surface area (Å²) >= 11 is 0. The van der Waals surface area contributed by atoms with Crippen LogP contribution < -0.4 is 10.6 Å². The molecule has 0 saturated carbocycles. The summed E-state index contributed by atoms with van der Waals surface area (Å²) in [4.78, 5) is 23.8. The van der Waals surface area contributed by atoms with Gasteiger partial charge in [0.1, 0.15) is 5.76 Å². The van der Waals surface area contributed by atoms with Gasteiger partial charge in [-0.3, -0.25) is 9.59 Å². The lowest BCUT2D eigenvalue weighted by Gasteiger charge is -2.22. The fourth-order valence-electron chi connectivity index (χ4n) is 2.09. The summed E-state index contributed by atoms with van der Waals surface area (Å²) in [6.07, 6.45) is 1.52. The highest BCUT2D eigenvalue weighted by atomic mass is 16.3. The predicted molar refractivity (Wildman–Crippen MR) is 84.3 cm³/mol. The minimum Gasteiger partial charge on any atom is -0.467 e. The molecular weight excluding hydrogens is 280 g/mol. The van der Waals surface area contributed by atoms with Gasteiger partial charge in [0.05, 0.1) is 12.8 Å². The number of rotatable bonds is 3. The van der Waals surface area contributed by atoms with Gasteiger partial charge in [-0.05, 0) is 29.2 Å². The largest absolute Gasteiger partial charge is 0.467 e. The van der Waals surface area contributed by atoms with Gasteiger partial charge < -0.3 is 15.1 Å². The third-order valence-corrected chi connectivity index (χ3v) is 3.19. The number of para-hydroxylation sites is 1. The van der Waals surface area contributed by atoms with Crippen LogP contribution in [0.15, 0.2) is 47.1 Å². The second kappa shape index (κ2) is 6.47. The summed E-state index contributed by atoms with van der Waals surface area (Å²) in [6, 6.07) is 10.9. The van der Waals surface area contributed by atoms with E-state index in [1.807, 2.05) is 18.2 Å². The number of nitrogens with one attached hydrogen (secondary N) is 2. The summed E-state index contributed by atoms with van der Waals surface area (Å²) in [5, 5.41) is 5.18. The molecule has 1 heterocycles. The second-order valence-electron chi connectivity index (χ2n) is 6.01. The first-order chi connectivity index (χ1) is 10.4. The number of furan rings is 1. The van der Waals surface area contributed by atoms with Crippen molar-refractivity contribution in [2.24, 2.45) is 0 Å². The average molecular weight is 300 g/mol. The first-order valence-corrected chi connectivity index (χ1v) is 7.09. The lowest BCUT2D eigenvalue weighted by atomic mass is 9.86. The lowest BCUT2D eigenvalue weighted by Crippen LogP contribution is -2.35. The summed E-state index contributed by atoms with van der Waals surface area (Å²) < 4.78 is 5.10. The van der Waals surface area contributed by atoms with Gasteiger partial charge in [-0.15, -0.1) is 0 Å². The predicted octanol–water partition coefficient (Wildman–Crippen LogP) is 2.83. The fourth-order valence-corrected chi connectivity index (χ4v) is 2.09. The zero-order valence-electron chi connectivity index (χ0n) is 13.0. The normalized spacial score (nSPS) is 11.0. The van der Waals surface area contributed by atoms with E-state index in [0.717, 1.165) is 5.56 Å². The minimum absolute atomic E-state index is 0.130. The quantitative estimate of drug-likeness (QED) is 0.856. The van der Waals surface area contributed by atoms with E-state index in [0.29, 0.717) is 11.4 Å². The van der Waals surface area contributed by atoms with E-state index in [1.54, 1.807) is 18.2 Å². The van der Waals surface area contributed by atoms with Crippen LogP contribution in [0.5, 0.6) is 0 Å². The molecule has 2 aromatic rings. The van der Waals surface area contributed by atoms with Crippen molar-refractivity contribution in [2.45, 2.75) is 32.7 Å². The topological polar surface area (TPSA) is 71.3 Å². The van der Waals surface area contributed by atoms with Gasteiger partial charge in [0, 0.05) is 5.69 Å². The maximum absolute atomic E-state index is 12.0. The Morgan fingerprint density at radius 2 is 1.77 bits per heavy atom. The molecule has 0 aliphatic rings. The van der Waals surface area contributed by atoms with E-state index in [9.17, 15) is 9.59 Å². The summed E-state index contributed by atoms with van der Waals surface area (Å²) in [5.41, 5.74) is 1.49. The van der Waals surface area contributed by atoms with Crippen molar-refractivity contribution in [2.75, 3.05) is 5.32 Å². The first kappa shape index (κ1) is 15.8. The van der Waals surface area contributed by atoms with Crippen LogP contribution in [0.1, 0.15) is 32.1 Å². The van der Waals surface area contributed by atoms with Crippen LogP contribution in [-0.2, 0) is 21.5 Å². The van der Waals surface area contributed by atoms with Crippen LogP contribution in [-0.4, -0.2) is 11.8 Å². The molecule has 1 aromatic heterocycles. The molecule has 0 saturated heterocycles.